The lowest BCUT2D eigenvalue weighted by atomic mass is 10.1. The summed E-state index contributed by atoms with van der Waals surface area (Å²) in [7, 11) is 0. The fourth-order valence-electron chi connectivity index (χ4n) is 5.29. The van der Waals surface area contributed by atoms with Gasteiger partial charge in [-0.05, 0) is 115 Å². The lowest BCUT2D eigenvalue weighted by molar-refractivity contribution is 0.284. The molecule has 4 heteroatoms. The van der Waals surface area contributed by atoms with Gasteiger partial charge in [0, 0.05) is 65.8 Å². The quantitative estimate of drug-likeness (QED) is 0.158. The van der Waals surface area contributed by atoms with Crippen LogP contribution in [-0.2, 0) is 0 Å². The number of hydrogen-bond donors (Lipinski definition) is 2. The van der Waals surface area contributed by atoms with Crippen molar-refractivity contribution in [1.82, 2.24) is 10.2 Å². The number of nitrogens with one attached hydrogen (secondary N) is 2. The maximum Gasteiger partial charge on any atom is 0.0385 e. The van der Waals surface area contributed by atoms with E-state index in [-0.39, 0.29) is 0 Å². The standard InChI is InChI=1S/C37H52N4/c1-7-17-32(8-2)38-34-20-15-22-36(23-16-21-34)40(30(3)4)28-13-10-14-29-41(31(5)6)37-26-24-35(25-27-37)39-33-18-11-9-12-19-33/h7-8,11,15,17-19,21-27,30-31,38-39H,1-2,9-10,12-14,16,20,28-29H2,3-6H3/b22-15-,32-17+,34-21+,36-23+. The van der Waals surface area contributed by atoms with E-state index in [1.165, 1.54) is 42.0 Å². The molecule has 220 valence electrons. The van der Waals surface area contributed by atoms with Crippen LogP contribution < -0.4 is 15.5 Å². The summed E-state index contributed by atoms with van der Waals surface area (Å²) < 4.78 is 0. The highest BCUT2D eigenvalue weighted by Gasteiger charge is 2.14. The molecule has 2 N–H and O–H groups in total. The van der Waals surface area contributed by atoms with Crippen LogP contribution >= 0.6 is 0 Å². The van der Waals surface area contributed by atoms with Crippen molar-refractivity contribution in [2.45, 2.75) is 84.7 Å². The summed E-state index contributed by atoms with van der Waals surface area (Å²) in [5, 5.41) is 7.00. The van der Waals surface area contributed by atoms with Crippen molar-refractivity contribution >= 4 is 11.4 Å². The fraction of sp³-hybridized carbons (Fsp3) is 0.405. The maximum absolute atomic E-state index is 3.89. The Hall–Kier alpha value is -3.66. The van der Waals surface area contributed by atoms with E-state index < -0.39 is 0 Å². The zero-order chi connectivity index (χ0) is 29.5. The van der Waals surface area contributed by atoms with E-state index in [0.717, 1.165) is 50.2 Å². The van der Waals surface area contributed by atoms with Crippen LogP contribution in [0.2, 0.25) is 0 Å². The van der Waals surface area contributed by atoms with Crippen molar-refractivity contribution in [3.05, 3.63) is 121 Å². The molecule has 0 bridgehead atoms. The molecule has 0 unspecified atom stereocenters. The summed E-state index contributed by atoms with van der Waals surface area (Å²) >= 11 is 0. The highest BCUT2D eigenvalue weighted by atomic mass is 15.2. The second-order valence-electron chi connectivity index (χ2n) is 11.3. The Morgan fingerprint density at radius 1 is 0.854 bits per heavy atom. The monoisotopic (exact) mass is 552 g/mol. The number of allylic oxidation sites excluding steroid dienone is 10. The zero-order valence-electron chi connectivity index (χ0n) is 25.9. The molecule has 0 aromatic heterocycles. The topological polar surface area (TPSA) is 30.5 Å². The van der Waals surface area contributed by atoms with E-state index in [9.17, 15) is 0 Å². The van der Waals surface area contributed by atoms with E-state index >= 15 is 0 Å². The largest absolute Gasteiger partial charge is 0.369 e. The molecule has 0 aliphatic heterocycles. The summed E-state index contributed by atoms with van der Waals surface area (Å²) in [5.41, 5.74) is 7.15. The molecule has 0 atom stereocenters. The molecular weight excluding hydrogens is 500 g/mol. The van der Waals surface area contributed by atoms with Gasteiger partial charge in [0.1, 0.15) is 0 Å². The summed E-state index contributed by atoms with van der Waals surface area (Å²) in [6, 6.07) is 9.86. The molecule has 1 aromatic carbocycles. The summed E-state index contributed by atoms with van der Waals surface area (Å²) in [6.07, 6.45) is 29.1. The molecule has 0 fully saturated rings. The highest BCUT2D eigenvalue weighted by Crippen LogP contribution is 2.23. The van der Waals surface area contributed by atoms with E-state index in [4.69, 9.17) is 0 Å². The van der Waals surface area contributed by atoms with Crippen molar-refractivity contribution in [3.63, 3.8) is 0 Å². The van der Waals surface area contributed by atoms with Gasteiger partial charge >= 0.3 is 0 Å². The van der Waals surface area contributed by atoms with E-state index in [1.54, 1.807) is 6.08 Å². The number of benzene rings is 1. The predicted molar refractivity (Wildman–Crippen MR) is 181 cm³/mol. The third kappa shape index (κ3) is 10.7. The average molecular weight is 553 g/mol. The molecule has 0 amide bonds. The fourth-order valence-corrected chi connectivity index (χ4v) is 5.29. The van der Waals surface area contributed by atoms with Gasteiger partial charge in [-0.3, -0.25) is 0 Å². The third-order valence-electron chi connectivity index (χ3n) is 7.50. The highest BCUT2D eigenvalue weighted by molar-refractivity contribution is 5.58. The number of anilines is 2. The average Bonchev–Trinajstić information content (AvgIpc) is 2.95. The van der Waals surface area contributed by atoms with Crippen LogP contribution in [0.15, 0.2) is 121 Å². The predicted octanol–water partition coefficient (Wildman–Crippen LogP) is 9.39. The van der Waals surface area contributed by atoms with Crippen molar-refractivity contribution in [2.75, 3.05) is 23.3 Å². The van der Waals surface area contributed by atoms with Crippen LogP contribution in [0.25, 0.3) is 0 Å². The molecule has 2 aliphatic carbocycles. The van der Waals surface area contributed by atoms with Crippen LogP contribution in [0.3, 0.4) is 0 Å². The van der Waals surface area contributed by atoms with Gasteiger partial charge in [0.05, 0.1) is 0 Å². The molecule has 0 heterocycles. The van der Waals surface area contributed by atoms with Crippen LogP contribution in [0, 0.1) is 0 Å². The molecule has 0 saturated heterocycles. The van der Waals surface area contributed by atoms with Crippen molar-refractivity contribution in [3.8, 4) is 0 Å². The molecule has 1 aromatic rings. The summed E-state index contributed by atoms with van der Waals surface area (Å²) in [4.78, 5) is 5.09. The minimum Gasteiger partial charge on any atom is -0.369 e. The van der Waals surface area contributed by atoms with Crippen LogP contribution in [0.5, 0.6) is 0 Å². The first kappa shape index (κ1) is 31.9. The van der Waals surface area contributed by atoms with Gasteiger partial charge in [-0.1, -0.05) is 49.6 Å². The molecular formula is C37H52N4. The number of nitrogens with zero attached hydrogens (tertiary/aromatic N) is 2. The summed E-state index contributed by atoms with van der Waals surface area (Å²) in [5.74, 6) is 0. The molecule has 0 radical (unpaired) electrons. The van der Waals surface area contributed by atoms with Gasteiger partial charge in [0.2, 0.25) is 0 Å². The van der Waals surface area contributed by atoms with Crippen molar-refractivity contribution < 1.29 is 0 Å². The third-order valence-corrected chi connectivity index (χ3v) is 7.50. The summed E-state index contributed by atoms with van der Waals surface area (Å²) in [6.45, 7) is 19.0. The number of unbranched alkanes of at least 4 members (excludes halogenated alkanes) is 2. The van der Waals surface area contributed by atoms with Gasteiger partial charge in [-0.2, -0.15) is 0 Å². The Bertz CT molecular complexity index is 1160. The zero-order valence-corrected chi connectivity index (χ0v) is 25.9. The molecule has 0 spiro atoms. The van der Waals surface area contributed by atoms with Gasteiger partial charge in [0.25, 0.3) is 0 Å². The Labute approximate surface area is 250 Å². The second kappa shape index (κ2) is 17.2. The van der Waals surface area contributed by atoms with Gasteiger partial charge < -0.3 is 20.4 Å². The minimum absolute atomic E-state index is 0.467. The van der Waals surface area contributed by atoms with Gasteiger partial charge in [-0.15, -0.1) is 0 Å². The first-order valence-electron chi connectivity index (χ1n) is 15.5. The molecule has 41 heavy (non-hydrogen) atoms. The smallest absolute Gasteiger partial charge is 0.0385 e. The van der Waals surface area contributed by atoms with Crippen LogP contribution in [0.1, 0.15) is 72.6 Å². The lowest BCUT2D eigenvalue weighted by Gasteiger charge is -2.31. The molecule has 0 saturated carbocycles. The first-order valence-corrected chi connectivity index (χ1v) is 15.5. The molecule has 4 nitrogen and oxygen atoms in total. The van der Waals surface area contributed by atoms with E-state index in [1.807, 2.05) is 12.2 Å². The maximum atomic E-state index is 3.89. The second-order valence-corrected chi connectivity index (χ2v) is 11.3. The lowest BCUT2D eigenvalue weighted by Crippen LogP contribution is -2.32. The Morgan fingerprint density at radius 3 is 2.22 bits per heavy atom. The van der Waals surface area contributed by atoms with Crippen molar-refractivity contribution in [2.24, 2.45) is 0 Å². The Kier molecular flexibility index (Phi) is 13.4. The van der Waals surface area contributed by atoms with Crippen LogP contribution in [-0.4, -0.2) is 30.1 Å². The van der Waals surface area contributed by atoms with E-state index in [0.29, 0.717) is 12.1 Å². The first-order chi connectivity index (χ1) is 19.9. The van der Waals surface area contributed by atoms with Gasteiger partial charge in [-0.25, -0.2) is 0 Å². The molecule has 2 aliphatic rings. The van der Waals surface area contributed by atoms with Crippen LogP contribution in [0.4, 0.5) is 11.4 Å². The number of rotatable bonds is 16. The van der Waals surface area contributed by atoms with Crippen molar-refractivity contribution in [1.29, 1.82) is 0 Å². The number of hydrogen-bond acceptors (Lipinski definition) is 4. The Morgan fingerprint density at radius 2 is 1.59 bits per heavy atom. The van der Waals surface area contributed by atoms with E-state index in [2.05, 4.69) is 128 Å². The normalized spacial score (nSPS) is 18.8. The SMILES string of the molecule is C=C/C=C(\C=C)N/C1=C/C/C=C(N(CCCCCN(c2ccc(NC3=CCCC=C3)cc2)C(C)C)C(C)C)\C=C/C1. The van der Waals surface area contributed by atoms with Gasteiger partial charge in [0.15, 0.2) is 0 Å². The minimum atomic E-state index is 0.467. The molecule has 3 rings (SSSR count). The Balaban J connectivity index is 1.49.